The van der Waals surface area contributed by atoms with E-state index in [9.17, 15) is 34.5 Å². The summed E-state index contributed by atoms with van der Waals surface area (Å²) < 4.78 is 5.51. The number of benzene rings is 5. The van der Waals surface area contributed by atoms with Crippen molar-refractivity contribution < 1.29 is 39.2 Å². The molecule has 0 bridgehead atoms. The van der Waals surface area contributed by atoms with E-state index in [4.69, 9.17) is 4.74 Å². The quantitative estimate of drug-likeness (QED) is 0.0872. The van der Waals surface area contributed by atoms with Gasteiger partial charge in [0.15, 0.2) is 0 Å². The highest BCUT2D eigenvalue weighted by molar-refractivity contribution is 6.40. The van der Waals surface area contributed by atoms with Crippen LogP contribution in [0.25, 0.3) is 43.1 Å². The molecule has 5 aromatic rings. The maximum atomic E-state index is 13.6. The fourth-order valence-electron chi connectivity index (χ4n) is 5.47. The van der Waals surface area contributed by atoms with Crippen molar-refractivity contribution in [2.75, 3.05) is 6.61 Å². The van der Waals surface area contributed by atoms with Gasteiger partial charge in [-0.2, -0.15) is 0 Å². The smallest absolute Gasteiger partial charge is 0.339 e. The molecule has 0 amide bonds. The maximum Gasteiger partial charge on any atom is 0.339 e. The van der Waals surface area contributed by atoms with Gasteiger partial charge in [-0.25, -0.2) is 19.2 Å². The number of fused-ring (bicyclic) bond motifs is 2. The van der Waals surface area contributed by atoms with Gasteiger partial charge in [0.2, 0.25) is 0 Å². The van der Waals surface area contributed by atoms with Crippen molar-refractivity contribution in [1.82, 2.24) is 0 Å². The number of esters is 1. The fraction of sp³-hybridized carbons (Fsp3) is 0.200. The normalized spacial score (nSPS) is 11.5. The molecule has 0 radical (unpaired) electrons. The number of rotatable bonds is 9. The molecule has 192 valence electrons. The predicted molar refractivity (Wildman–Crippen MR) is 143 cm³/mol. The summed E-state index contributed by atoms with van der Waals surface area (Å²) in [5.74, 6) is -5.68. The number of ether oxygens (including phenoxy) is 1. The maximum absolute atomic E-state index is 13.6. The number of carboxylic acids is 3. The molecule has 0 spiro atoms. The summed E-state index contributed by atoms with van der Waals surface area (Å²) in [5.41, 5.74) is -2.28. The number of unbranched alkanes of at least 4 members (excludes halogenated alkanes) is 3. The summed E-state index contributed by atoms with van der Waals surface area (Å²) in [5, 5.41) is 33.9. The molecule has 38 heavy (non-hydrogen) atoms. The standard InChI is InChI=1S/C30H24O8/c1-2-3-4-5-14-38-30(37)26-22-18-11-7-9-15-8-6-10-16(20(15)18)17-12-13-19(27(31)32)23(21(17)22)24(28(33)34)25(26)29(35)36/h6-13H,2-5,14H2,1H3,(H,31,32)(H,33,34)(H,35,36). The lowest BCUT2D eigenvalue weighted by molar-refractivity contribution is 0.0489. The second-order valence-corrected chi connectivity index (χ2v) is 9.23. The van der Waals surface area contributed by atoms with Crippen molar-refractivity contribution in [3.63, 3.8) is 0 Å². The molecule has 0 saturated heterocycles. The van der Waals surface area contributed by atoms with Gasteiger partial charge in [-0.3, -0.25) is 0 Å². The summed E-state index contributed by atoms with van der Waals surface area (Å²) in [6.45, 7) is 2.08. The zero-order chi connectivity index (χ0) is 27.1. The molecule has 8 nitrogen and oxygen atoms in total. The summed E-state index contributed by atoms with van der Waals surface area (Å²) in [6.07, 6.45) is 3.32. The number of carbonyl (C=O) groups excluding carboxylic acids is 1. The summed E-state index contributed by atoms with van der Waals surface area (Å²) >= 11 is 0. The number of hydrogen-bond acceptors (Lipinski definition) is 5. The van der Waals surface area contributed by atoms with E-state index >= 15 is 0 Å². The Morgan fingerprint density at radius 3 is 1.92 bits per heavy atom. The van der Waals surface area contributed by atoms with Crippen LogP contribution < -0.4 is 0 Å². The highest BCUT2D eigenvalue weighted by Gasteiger charge is 2.34. The van der Waals surface area contributed by atoms with Gasteiger partial charge in [0, 0.05) is 16.2 Å². The SMILES string of the molecule is CCCCCCOC(=O)c1c(C(=O)O)c(C(=O)O)c2c(C(=O)O)ccc3c4cccc5cccc(c1c23)c54. The molecule has 0 aliphatic rings. The minimum absolute atomic E-state index is 0.0422. The molecule has 5 rings (SSSR count). The van der Waals surface area contributed by atoms with Crippen LogP contribution in [0.4, 0.5) is 0 Å². The third-order valence-corrected chi connectivity index (χ3v) is 7.01. The van der Waals surface area contributed by atoms with E-state index in [2.05, 4.69) is 0 Å². The van der Waals surface area contributed by atoms with Gasteiger partial charge in [-0.15, -0.1) is 0 Å². The van der Waals surface area contributed by atoms with Crippen LogP contribution in [-0.2, 0) is 4.74 Å². The van der Waals surface area contributed by atoms with Crippen LogP contribution in [-0.4, -0.2) is 45.8 Å². The Bertz CT molecular complexity index is 1780. The lowest BCUT2D eigenvalue weighted by Crippen LogP contribution is -2.19. The highest BCUT2D eigenvalue weighted by Crippen LogP contribution is 2.45. The van der Waals surface area contributed by atoms with Crippen molar-refractivity contribution in [2.24, 2.45) is 0 Å². The Morgan fingerprint density at radius 2 is 1.29 bits per heavy atom. The zero-order valence-corrected chi connectivity index (χ0v) is 20.5. The molecule has 0 saturated carbocycles. The van der Waals surface area contributed by atoms with E-state index in [1.807, 2.05) is 31.2 Å². The second-order valence-electron chi connectivity index (χ2n) is 9.23. The minimum Gasteiger partial charge on any atom is -0.478 e. The number of hydrogen-bond donors (Lipinski definition) is 3. The van der Waals surface area contributed by atoms with Gasteiger partial charge in [0.25, 0.3) is 0 Å². The number of carboxylic acid groups (broad SMARTS) is 3. The van der Waals surface area contributed by atoms with Crippen molar-refractivity contribution in [1.29, 1.82) is 0 Å². The zero-order valence-electron chi connectivity index (χ0n) is 20.5. The third kappa shape index (κ3) is 3.76. The van der Waals surface area contributed by atoms with Gasteiger partial charge in [-0.1, -0.05) is 68.7 Å². The number of aromatic carboxylic acids is 3. The first-order chi connectivity index (χ1) is 18.3. The first-order valence-corrected chi connectivity index (χ1v) is 12.3. The first-order valence-electron chi connectivity index (χ1n) is 12.3. The third-order valence-electron chi connectivity index (χ3n) is 7.01. The average molecular weight is 513 g/mol. The minimum atomic E-state index is -1.66. The van der Waals surface area contributed by atoms with E-state index in [1.165, 1.54) is 6.07 Å². The topological polar surface area (TPSA) is 138 Å². The van der Waals surface area contributed by atoms with Crippen LogP contribution in [0.15, 0.2) is 48.5 Å². The summed E-state index contributed by atoms with van der Waals surface area (Å²) in [6, 6.07) is 13.8. The van der Waals surface area contributed by atoms with Crippen molar-refractivity contribution in [3.05, 3.63) is 70.8 Å². The van der Waals surface area contributed by atoms with Crippen LogP contribution in [0, 0.1) is 0 Å². The molecule has 0 aromatic heterocycles. The molecular formula is C30H24O8. The fourth-order valence-corrected chi connectivity index (χ4v) is 5.47. The van der Waals surface area contributed by atoms with Crippen LogP contribution in [0.5, 0.6) is 0 Å². The van der Waals surface area contributed by atoms with Gasteiger partial charge >= 0.3 is 23.9 Å². The summed E-state index contributed by atoms with van der Waals surface area (Å²) in [7, 11) is 0. The first kappa shape index (κ1) is 25.0. The van der Waals surface area contributed by atoms with Crippen LogP contribution in [0.2, 0.25) is 0 Å². The van der Waals surface area contributed by atoms with Crippen molar-refractivity contribution in [2.45, 2.75) is 32.6 Å². The number of carbonyl (C=O) groups is 4. The van der Waals surface area contributed by atoms with E-state index in [-0.39, 0.29) is 33.9 Å². The molecule has 0 aliphatic carbocycles. The molecule has 5 aromatic carbocycles. The van der Waals surface area contributed by atoms with E-state index in [1.54, 1.807) is 18.2 Å². The van der Waals surface area contributed by atoms with Gasteiger partial charge < -0.3 is 20.1 Å². The summed E-state index contributed by atoms with van der Waals surface area (Å²) in [4.78, 5) is 51.1. The monoisotopic (exact) mass is 512 g/mol. The van der Waals surface area contributed by atoms with Crippen molar-refractivity contribution in [3.8, 4) is 0 Å². The lowest BCUT2D eigenvalue weighted by Gasteiger charge is -2.21. The van der Waals surface area contributed by atoms with Gasteiger partial charge in [0.1, 0.15) is 0 Å². The van der Waals surface area contributed by atoms with Crippen LogP contribution >= 0.6 is 0 Å². The van der Waals surface area contributed by atoms with E-state index in [0.29, 0.717) is 17.2 Å². The molecular weight excluding hydrogens is 488 g/mol. The van der Waals surface area contributed by atoms with Gasteiger partial charge in [0.05, 0.1) is 28.9 Å². The Kier molecular flexibility index (Phi) is 6.32. The Labute approximate surface area is 216 Å². The van der Waals surface area contributed by atoms with E-state index in [0.717, 1.165) is 35.4 Å². The lowest BCUT2D eigenvalue weighted by atomic mass is 9.81. The predicted octanol–water partition coefficient (Wildman–Crippen LogP) is 6.57. The second kappa shape index (κ2) is 9.63. The Balaban J connectivity index is 2.02. The molecule has 0 atom stereocenters. The molecule has 0 heterocycles. The molecule has 8 heteroatoms. The molecule has 0 unspecified atom stereocenters. The van der Waals surface area contributed by atoms with Crippen molar-refractivity contribution >= 4 is 67.0 Å². The van der Waals surface area contributed by atoms with E-state index < -0.39 is 35.0 Å². The Morgan fingerprint density at radius 1 is 0.632 bits per heavy atom. The molecule has 3 N–H and O–H groups in total. The van der Waals surface area contributed by atoms with Crippen LogP contribution in [0.1, 0.15) is 74.0 Å². The highest BCUT2D eigenvalue weighted by atomic mass is 16.5. The average Bonchev–Trinajstić information content (AvgIpc) is 2.89. The molecule has 0 fully saturated rings. The van der Waals surface area contributed by atoms with Gasteiger partial charge in [-0.05, 0) is 39.4 Å². The molecule has 0 aliphatic heterocycles. The van der Waals surface area contributed by atoms with Crippen LogP contribution in [0.3, 0.4) is 0 Å². The Hall–Kier alpha value is -4.72. The largest absolute Gasteiger partial charge is 0.478 e.